The van der Waals surface area contributed by atoms with Crippen LogP contribution < -0.4 is 0 Å². The summed E-state index contributed by atoms with van der Waals surface area (Å²) in [5.74, 6) is 0.940. The molecule has 2 rings (SSSR count). The number of nitrogens with zero attached hydrogens (tertiary/aromatic N) is 3. The van der Waals surface area contributed by atoms with Crippen molar-refractivity contribution in [3.8, 4) is 0 Å². The summed E-state index contributed by atoms with van der Waals surface area (Å²) >= 11 is 0. The average Bonchev–Trinajstić information content (AvgIpc) is 2.99. The van der Waals surface area contributed by atoms with Crippen LogP contribution in [-0.2, 0) is 21.0 Å². The Balaban J connectivity index is 2.28. The number of aromatic nitrogens is 3. The van der Waals surface area contributed by atoms with Crippen LogP contribution in [0.5, 0.6) is 0 Å². The molecule has 0 N–H and O–H groups in total. The first-order chi connectivity index (χ1) is 10.0. The normalized spacial score (nSPS) is 14.3. The van der Waals surface area contributed by atoms with Crippen LogP contribution in [-0.4, -0.2) is 23.7 Å². The molecule has 0 amide bonds. The van der Waals surface area contributed by atoms with E-state index >= 15 is 0 Å². The summed E-state index contributed by atoms with van der Waals surface area (Å²) < 4.78 is 35.3. The van der Waals surface area contributed by atoms with Gasteiger partial charge in [0.25, 0.3) is 0 Å². The maximum Gasteiger partial charge on any atom is 0.244 e. The van der Waals surface area contributed by atoms with Gasteiger partial charge in [-0.3, -0.25) is 0 Å². The molecular weight excluding hydrogens is 306 g/mol. The van der Waals surface area contributed by atoms with Gasteiger partial charge >= 0.3 is 0 Å². The summed E-state index contributed by atoms with van der Waals surface area (Å²) in [7, 11) is -3.51. The van der Waals surface area contributed by atoms with Crippen molar-refractivity contribution in [2.45, 2.75) is 58.0 Å². The van der Waals surface area contributed by atoms with E-state index in [4.69, 9.17) is 9.05 Å². The molecule has 7 nitrogen and oxygen atoms in total. The Labute approximate surface area is 130 Å². The molecule has 8 heteroatoms. The van der Waals surface area contributed by atoms with Gasteiger partial charge in [0.05, 0.1) is 11.4 Å². The number of rotatable bonds is 4. The van der Waals surface area contributed by atoms with Gasteiger partial charge in [-0.05, 0) is 20.8 Å². The predicted molar refractivity (Wildman–Crippen MR) is 80.0 cm³/mol. The van der Waals surface area contributed by atoms with Crippen LogP contribution in [0.15, 0.2) is 9.05 Å². The highest BCUT2D eigenvalue weighted by Gasteiger charge is 2.32. The number of hydrogen-bond acceptors (Lipinski definition) is 7. The highest BCUT2D eigenvalue weighted by Crippen LogP contribution is 2.28. The fraction of sp³-hybridized carbons (Fsp3) is 0.643. The van der Waals surface area contributed by atoms with Gasteiger partial charge in [-0.1, -0.05) is 31.1 Å². The second-order valence-corrected chi connectivity index (χ2v) is 8.78. The minimum atomic E-state index is -3.51. The van der Waals surface area contributed by atoms with Crippen LogP contribution in [0, 0.1) is 13.8 Å². The first kappa shape index (κ1) is 16.7. The lowest BCUT2D eigenvalue weighted by Crippen LogP contribution is -2.16. The Bertz CT molecular complexity index is 749. The monoisotopic (exact) mass is 327 g/mol. The highest BCUT2D eigenvalue weighted by molar-refractivity contribution is 7.90. The fourth-order valence-electron chi connectivity index (χ4n) is 1.89. The molecular formula is C14H21N3O4S. The average molecular weight is 327 g/mol. The predicted octanol–water partition coefficient (Wildman–Crippen LogP) is 2.65. The lowest BCUT2D eigenvalue weighted by molar-refractivity contribution is 0.361. The van der Waals surface area contributed by atoms with Crippen molar-refractivity contribution in [3.63, 3.8) is 0 Å². The zero-order valence-electron chi connectivity index (χ0n) is 13.7. The van der Waals surface area contributed by atoms with Crippen molar-refractivity contribution in [1.82, 2.24) is 15.3 Å². The molecule has 0 aromatic carbocycles. The van der Waals surface area contributed by atoms with Crippen LogP contribution in [0.4, 0.5) is 0 Å². The van der Waals surface area contributed by atoms with E-state index in [-0.39, 0.29) is 17.1 Å². The SMILES string of the molecule is Cc1noc(C)c1CS(=O)(=O)[C@@H](C)c1nc(C(C)(C)C)no1. The molecule has 0 radical (unpaired) electrons. The van der Waals surface area contributed by atoms with Crippen molar-refractivity contribution in [3.05, 3.63) is 28.7 Å². The Hall–Kier alpha value is -1.70. The molecule has 0 aliphatic heterocycles. The molecule has 0 saturated heterocycles. The van der Waals surface area contributed by atoms with Gasteiger partial charge in [-0.15, -0.1) is 0 Å². The molecule has 22 heavy (non-hydrogen) atoms. The standard InChI is InChI=1S/C14H21N3O4S/c1-8-11(9(2)20-16-8)7-22(18,19)10(3)12-15-13(17-21-12)14(4,5)6/h10H,7H2,1-6H3/t10-/m0/s1. The van der Waals surface area contributed by atoms with E-state index in [1.54, 1.807) is 20.8 Å². The molecule has 0 fully saturated rings. The van der Waals surface area contributed by atoms with Crippen molar-refractivity contribution in [1.29, 1.82) is 0 Å². The molecule has 0 spiro atoms. The van der Waals surface area contributed by atoms with E-state index in [2.05, 4.69) is 15.3 Å². The van der Waals surface area contributed by atoms with E-state index in [1.807, 2.05) is 20.8 Å². The molecule has 2 aromatic rings. The highest BCUT2D eigenvalue weighted by atomic mass is 32.2. The summed E-state index contributed by atoms with van der Waals surface area (Å²) in [6, 6.07) is 0. The minimum absolute atomic E-state index is 0.108. The fourth-order valence-corrected chi connectivity index (χ4v) is 3.36. The third kappa shape index (κ3) is 3.21. The summed E-state index contributed by atoms with van der Waals surface area (Å²) in [5.41, 5.74) is 0.865. The molecule has 122 valence electrons. The summed E-state index contributed by atoms with van der Waals surface area (Å²) in [5, 5.41) is 6.77. The zero-order valence-corrected chi connectivity index (χ0v) is 14.5. The van der Waals surface area contributed by atoms with Crippen molar-refractivity contribution in [2.75, 3.05) is 0 Å². The van der Waals surface area contributed by atoms with Crippen LogP contribution in [0.2, 0.25) is 0 Å². The topological polar surface area (TPSA) is 99.1 Å². The van der Waals surface area contributed by atoms with Gasteiger partial charge < -0.3 is 9.05 Å². The molecule has 0 bridgehead atoms. The summed E-state index contributed by atoms with van der Waals surface area (Å²) in [6.07, 6.45) is 0. The number of aryl methyl sites for hydroxylation is 2. The Morgan fingerprint density at radius 1 is 1.14 bits per heavy atom. The molecule has 1 atom stereocenters. The van der Waals surface area contributed by atoms with Crippen LogP contribution >= 0.6 is 0 Å². The summed E-state index contributed by atoms with van der Waals surface area (Å²) in [6.45, 7) is 10.8. The van der Waals surface area contributed by atoms with Crippen LogP contribution in [0.1, 0.15) is 61.7 Å². The van der Waals surface area contributed by atoms with E-state index in [0.29, 0.717) is 22.8 Å². The van der Waals surface area contributed by atoms with E-state index in [0.717, 1.165) is 0 Å². The Morgan fingerprint density at radius 3 is 2.23 bits per heavy atom. The molecule has 0 aliphatic rings. The molecule has 2 aromatic heterocycles. The van der Waals surface area contributed by atoms with Gasteiger partial charge in [0, 0.05) is 11.0 Å². The molecule has 0 unspecified atom stereocenters. The van der Waals surface area contributed by atoms with Gasteiger partial charge in [0.15, 0.2) is 15.7 Å². The molecule has 2 heterocycles. The summed E-state index contributed by atoms with van der Waals surface area (Å²) in [4.78, 5) is 4.23. The third-order valence-corrected chi connectivity index (χ3v) is 5.50. The smallest absolute Gasteiger partial charge is 0.244 e. The maximum atomic E-state index is 12.6. The first-order valence-corrected chi connectivity index (χ1v) is 8.71. The van der Waals surface area contributed by atoms with Gasteiger partial charge in [-0.25, -0.2) is 8.42 Å². The second kappa shape index (κ2) is 5.49. The lowest BCUT2D eigenvalue weighted by atomic mass is 9.96. The van der Waals surface area contributed by atoms with Crippen molar-refractivity contribution in [2.24, 2.45) is 0 Å². The van der Waals surface area contributed by atoms with E-state index < -0.39 is 15.1 Å². The number of sulfone groups is 1. The first-order valence-electron chi connectivity index (χ1n) is 7.00. The van der Waals surface area contributed by atoms with Crippen LogP contribution in [0.25, 0.3) is 0 Å². The number of hydrogen-bond donors (Lipinski definition) is 0. The third-order valence-electron chi connectivity index (χ3n) is 3.53. The second-order valence-electron chi connectivity index (χ2n) is 6.46. The Kier molecular flexibility index (Phi) is 4.16. The van der Waals surface area contributed by atoms with E-state index in [1.165, 1.54) is 0 Å². The molecule has 0 aliphatic carbocycles. The maximum absolute atomic E-state index is 12.6. The zero-order chi connectivity index (χ0) is 16.7. The quantitative estimate of drug-likeness (QED) is 0.851. The molecule has 0 saturated carbocycles. The van der Waals surface area contributed by atoms with Gasteiger partial charge in [0.1, 0.15) is 11.0 Å². The van der Waals surface area contributed by atoms with Gasteiger partial charge in [-0.2, -0.15) is 4.98 Å². The van der Waals surface area contributed by atoms with E-state index in [9.17, 15) is 8.42 Å². The van der Waals surface area contributed by atoms with Gasteiger partial charge in [0.2, 0.25) is 5.89 Å². The Morgan fingerprint density at radius 2 is 1.77 bits per heavy atom. The largest absolute Gasteiger partial charge is 0.361 e. The van der Waals surface area contributed by atoms with Crippen molar-refractivity contribution >= 4 is 9.84 Å². The minimum Gasteiger partial charge on any atom is -0.361 e. The van der Waals surface area contributed by atoms with Crippen molar-refractivity contribution < 1.29 is 17.5 Å². The lowest BCUT2D eigenvalue weighted by Gasteiger charge is -2.11. The van der Waals surface area contributed by atoms with Crippen LogP contribution in [0.3, 0.4) is 0 Å².